The van der Waals surface area contributed by atoms with Crippen molar-refractivity contribution in [1.82, 2.24) is 4.57 Å². The predicted octanol–water partition coefficient (Wildman–Crippen LogP) is 13.0. The zero-order valence-corrected chi connectivity index (χ0v) is 32.5. The van der Waals surface area contributed by atoms with Gasteiger partial charge in [0, 0.05) is 45.5 Å². The van der Waals surface area contributed by atoms with Crippen molar-refractivity contribution in [2.45, 2.75) is 39.0 Å². The van der Waals surface area contributed by atoms with Crippen LogP contribution >= 0.6 is 9.24 Å². The summed E-state index contributed by atoms with van der Waals surface area (Å²) in [5.41, 5.74) is 19.3. The van der Waals surface area contributed by atoms with Gasteiger partial charge >= 0.3 is 0 Å². The average molecular weight is 714 g/mol. The van der Waals surface area contributed by atoms with Crippen molar-refractivity contribution < 1.29 is 0 Å². The molecule has 4 aromatic carbocycles. The van der Waals surface area contributed by atoms with Gasteiger partial charge in [-0.05, 0) is 83.2 Å². The van der Waals surface area contributed by atoms with Crippen LogP contribution in [0.2, 0.25) is 0 Å². The Labute approximate surface area is 318 Å². The molecule has 1 aliphatic carbocycles. The van der Waals surface area contributed by atoms with E-state index in [4.69, 9.17) is 5.73 Å². The number of aromatic nitrogens is 1. The molecule has 1 aliphatic heterocycles. The maximum atomic E-state index is 6.17. The number of anilines is 1. The number of allylic oxidation sites excluding steroid dienone is 14. The van der Waals surface area contributed by atoms with Gasteiger partial charge in [0.25, 0.3) is 0 Å². The fraction of sp³-hybridized carbons (Fsp3) is 0.143. The Morgan fingerprint density at radius 2 is 1.68 bits per heavy atom. The first kappa shape index (κ1) is 38.6. The number of nitrogens with zero attached hydrogens (tertiary/aromatic N) is 1. The fourth-order valence-electron chi connectivity index (χ4n) is 6.94. The van der Waals surface area contributed by atoms with E-state index in [1.807, 2.05) is 49.3 Å². The van der Waals surface area contributed by atoms with Crippen molar-refractivity contribution in [3.05, 3.63) is 205 Å². The molecule has 0 saturated heterocycles. The molecule has 4 heteroatoms. The Bertz CT molecular complexity index is 2270. The summed E-state index contributed by atoms with van der Waals surface area (Å²) in [6.45, 7) is 14.3. The van der Waals surface area contributed by atoms with Crippen molar-refractivity contribution in [3.63, 3.8) is 0 Å². The largest absolute Gasteiger partial charge is 0.399 e. The maximum absolute atomic E-state index is 6.17. The first-order chi connectivity index (χ1) is 26.0. The summed E-state index contributed by atoms with van der Waals surface area (Å²) in [6, 6.07) is 30.2. The Kier molecular flexibility index (Phi) is 14.0. The van der Waals surface area contributed by atoms with E-state index in [1.54, 1.807) is 6.08 Å². The molecule has 0 spiro atoms. The average Bonchev–Trinajstić information content (AvgIpc) is 3.84. The first-order valence-corrected chi connectivity index (χ1v) is 19.6. The van der Waals surface area contributed by atoms with Gasteiger partial charge in [-0.1, -0.05) is 155 Å². The Balaban J connectivity index is 0.000000196. The van der Waals surface area contributed by atoms with Crippen LogP contribution in [0.15, 0.2) is 183 Å². The molecule has 2 aliphatic rings. The molecule has 3 N–H and O–H groups in total. The topological polar surface area (TPSA) is 43.0 Å². The van der Waals surface area contributed by atoms with Gasteiger partial charge in [0.15, 0.2) is 0 Å². The van der Waals surface area contributed by atoms with Gasteiger partial charge in [0.1, 0.15) is 0 Å². The summed E-state index contributed by atoms with van der Waals surface area (Å²) in [7, 11) is 2.42. The highest BCUT2D eigenvalue weighted by molar-refractivity contribution is 7.15. The van der Waals surface area contributed by atoms with Gasteiger partial charge in [-0.15, -0.1) is 9.24 Å². The number of hydrogen-bond donors (Lipinski definition) is 2. The molecular weight excluding hydrogens is 662 g/mol. The van der Waals surface area contributed by atoms with Crippen LogP contribution in [0.3, 0.4) is 0 Å². The lowest BCUT2D eigenvalue weighted by atomic mass is 9.87. The standard InChI is InChI=1S/C24H18N2.C24H29N.CH5P/c1-17-9-7-8-14-25-22-16-24-21(15-20(17)22)19-12-5-6-13-23(19)26(24)18-10-3-2-4-11-18;1-4-6-7-8-15-21(25)18-19(3)22-16-11-17-23(24(22)12-5-2)20-13-9-10-14-20;1-2/h2-16,25H,1H2;4,6-9,11,13-19H,1,5,10,12,25H2,2-3H3;2H2,1H3/b9-7-,14-8-;7-6-,15-8+,21-18-;. The van der Waals surface area contributed by atoms with Crippen molar-refractivity contribution in [2.75, 3.05) is 12.0 Å². The van der Waals surface area contributed by atoms with Crippen LogP contribution in [0.25, 0.3) is 38.6 Å². The van der Waals surface area contributed by atoms with E-state index in [0.29, 0.717) is 0 Å². The highest BCUT2D eigenvalue weighted by atomic mass is 31.0. The number of fused-ring (bicyclic) bond motifs is 4. The lowest BCUT2D eigenvalue weighted by Crippen LogP contribution is -2.04. The van der Waals surface area contributed by atoms with Gasteiger partial charge in [-0.2, -0.15) is 0 Å². The summed E-state index contributed by atoms with van der Waals surface area (Å²) in [5, 5.41) is 5.90. The monoisotopic (exact) mass is 713 g/mol. The van der Waals surface area contributed by atoms with Gasteiger partial charge in [0.05, 0.1) is 11.0 Å². The van der Waals surface area contributed by atoms with Crippen LogP contribution in [0.4, 0.5) is 5.69 Å². The van der Waals surface area contributed by atoms with Crippen molar-refractivity contribution in [1.29, 1.82) is 0 Å². The third-order valence-electron chi connectivity index (χ3n) is 9.29. The molecule has 2 unspecified atom stereocenters. The minimum absolute atomic E-state index is 0.278. The molecule has 2 atom stereocenters. The molecule has 0 bridgehead atoms. The molecule has 0 amide bonds. The van der Waals surface area contributed by atoms with Crippen LogP contribution in [-0.2, 0) is 6.42 Å². The molecule has 5 aromatic rings. The van der Waals surface area contributed by atoms with Crippen molar-refractivity contribution in [3.8, 4) is 5.69 Å². The molecule has 7 rings (SSSR count). The minimum Gasteiger partial charge on any atom is -0.399 e. The molecule has 0 radical (unpaired) electrons. The second-order valence-corrected chi connectivity index (χ2v) is 12.8. The van der Waals surface area contributed by atoms with Gasteiger partial charge in [-0.25, -0.2) is 0 Å². The SMILES string of the molecule is C=C1/C=C\C=C/Nc2cc3c(cc21)c1ccccc1n3-c1ccccc1.C=C\C=C/C=C/C(N)=C/C(C)c1cccc(C2=CCC=C2)c1CCC.CP. The second kappa shape index (κ2) is 19.3. The van der Waals surface area contributed by atoms with Crippen LogP contribution in [0.1, 0.15) is 54.9 Å². The quantitative estimate of drug-likeness (QED) is 0.118. The summed E-state index contributed by atoms with van der Waals surface area (Å²) in [5.74, 6) is 0.278. The first-order valence-electron chi connectivity index (χ1n) is 18.4. The van der Waals surface area contributed by atoms with Crippen LogP contribution in [0, 0.1) is 0 Å². The fourth-order valence-corrected chi connectivity index (χ4v) is 6.94. The van der Waals surface area contributed by atoms with Crippen LogP contribution in [-0.4, -0.2) is 11.2 Å². The lowest BCUT2D eigenvalue weighted by Gasteiger charge is -2.18. The van der Waals surface area contributed by atoms with Gasteiger partial charge < -0.3 is 15.6 Å². The number of nitrogens with two attached hydrogens (primary N) is 1. The maximum Gasteiger partial charge on any atom is 0.0562 e. The number of nitrogens with one attached hydrogen (secondary N) is 1. The Morgan fingerprint density at radius 3 is 2.43 bits per heavy atom. The summed E-state index contributed by atoms with van der Waals surface area (Å²) >= 11 is 0. The smallest absolute Gasteiger partial charge is 0.0562 e. The zero-order chi connectivity index (χ0) is 37.6. The van der Waals surface area contributed by atoms with Gasteiger partial charge in [0.2, 0.25) is 0 Å². The van der Waals surface area contributed by atoms with Crippen molar-refractivity contribution in [2.24, 2.45) is 5.73 Å². The van der Waals surface area contributed by atoms with E-state index in [0.717, 1.165) is 41.8 Å². The van der Waals surface area contributed by atoms with Crippen LogP contribution < -0.4 is 11.1 Å². The molecule has 53 heavy (non-hydrogen) atoms. The number of benzene rings is 4. The van der Waals surface area contributed by atoms with E-state index in [9.17, 15) is 0 Å². The number of hydrogen-bond acceptors (Lipinski definition) is 2. The van der Waals surface area contributed by atoms with E-state index < -0.39 is 0 Å². The third-order valence-corrected chi connectivity index (χ3v) is 9.29. The molecular formula is C49H52N3P. The second-order valence-electron chi connectivity index (χ2n) is 12.8. The molecule has 1 aromatic heterocycles. The Morgan fingerprint density at radius 1 is 0.887 bits per heavy atom. The van der Waals surface area contributed by atoms with Gasteiger partial charge in [-0.3, -0.25) is 0 Å². The minimum atomic E-state index is 0.278. The van der Waals surface area contributed by atoms with E-state index >= 15 is 0 Å². The predicted molar refractivity (Wildman–Crippen MR) is 239 cm³/mol. The van der Waals surface area contributed by atoms with Crippen molar-refractivity contribution >= 4 is 47.9 Å². The molecule has 0 saturated carbocycles. The Hall–Kier alpha value is -5.63. The van der Waals surface area contributed by atoms with Crippen LogP contribution in [0.5, 0.6) is 0 Å². The normalized spacial score (nSPS) is 15.4. The summed E-state index contributed by atoms with van der Waals surface area (Å²) in [6.07, 6.45) is 29.6. The highest BCUT2D eigenvalue weighted by Crippen LogP contribution is 2.38. The third kappa shape index (κ3) is 9.24. The lowest BCUT2D eigenvalue weighted by molar-refractivity contribution is 0.863. The molecule has 268 valence electrons. The molecule has 3 nitrogen and oxygen atoms in total. The van der Waals surface area contributed by atoms with E-state index in [1.165, 1.54) is 49.8 Å². The zero-order valence-electron chi connectivity index (χ0n) is 31.3. The molecule has 0 fully saturated rings. The van der Waals surface area contributed by atoms with E-state index in [-0.39, 0.29) is 5.92 Å². The summed E-state index contributed by atoms with van der Waals surface area (Å²) < 4.78 is 2.33. The number of rotatable bonds is 9. The summed E-state index contributed by atoms with van der Waals surface area (Å²) in [4.78, 5) is 0. The van der Waals surface area contributed by atoms with E-state index in [2.05, 4.69) is 161 Å². The molecule has 2 heterocycles. The number of para-hydroxylation sites is 2. The highest BCUT2D eigenvalue weighted by Gasteiger charge is 2.17.